The van der Waals surface area contributed by atoms with Gasteiger partial charge in [-0.25, -0.2) is 19.3 Å². The minimum atomic E-state index is -3.66. The number of aliphatic hydroxyl groups excluding tert-OH is 1. The van der Waals surface area contributed by atoms with E-state index >= 15 is 0 Å². The van der Waals surface area contributed by atoms with Crippen molar-refractivity contribution in [3.63, 3.8) is 0 Å². The average molecular weight is 441 g/mol. The highest BCUT2D eigenvalue weighted by atomic mass is 79.9. The van der Waals surface area contributed by atoms with Crippen LogP contribution in [0.3, 0.4) is 0 Å². The second-order valence-electron chi connectivity index (χ2n) is 6.08. The summed E-state index contributed by atoms with van der Waals surface area (Å²) < 4.78 is 42.8. The molecule has 2 heterocycles. The van der Waals surface area contributed by atoms with Crippen LogP contribution in [-0.4, -0.2) is 26.7 Å². The summed E-state index contributed by atoms with van der Waals surface area (Å²) in [6.45, 7) is 1.88. The number of anilines is 1. The van der Waals surface area contributed by atoms with Crippen LogP contribution in [0.25, 0.3) is 10.9 Å². The molecule has 0 saturated carbocycles. The molecular weight excluding hydrogens is 425 g/mol. The molecule has 2 N–H and O–H groups in total. The molecule has 2 aromatic heterocycles. The first-order valence-corrected chi connectivity index (χ1v) is 8.86. The zero-order chi connectivity index (χ0) is 19.8. The van der Waals surface area contributed by atoms with Crippen LogP contribution in [0.1, 0.15) is 29.9 Å². The Morgan fingerprint density at radius 1 is 1.30 bits per heavy atom. The molecule has 142 valence electrons. The number of alkyl halides is 2. The van der Waals surface area contributed by atoms with Crippen LogP contribution in [0, 0.1) is 12.7 Å². The van der Waals surface area contributed by atoms with Crippen molar-refractivity contribution in [2.75, 3.05) is 11.9 Å². The molecule has 0 saturated heterocycles. The Morgan fingerprint density at radius 2 is 2.04 bits per heavy atom. The minimum Gasteiger partial charge on any atom is -0.390 e. The lowest BCUT2D eigenvalue weighted by molar-refractivity contribution is -0.0583. The number of fused-ring (bicyclic) bond motifs is 1. The molecule has 1 aromatic carbocycles. The van der Waals surface area contributed by atoms with Crippen LogP contribution in [0.15, 0.2) is 35.1 Å². The highest BCUT2D eigenvalue weighted by Crippen LogP contribution is 2.34. The lowest BCUT2D eigenvalue weighted by atomic mass is 10.0. The number of aliphatic hydroxyl groups is 1. The van der Waals surface area contributed by atoms with Crippen molar-refractivity contribution in [2.24, 2.45) is 0 Å². The molecule has 9 heteroatoms. The summed E-state index contributed by atoms with van der Waals surface area (Å²) >= 11 is 3.29. The third-order valence-corrected chi connectivity index (χ3v) is 4.54. The van der Waals surface area contributed by atoms with Crippen molar-refractivity contribution >= 4 is 32.7 Å². The second-order valence-corrected chi connectivity index (χ2v) is 6.89. The third-order valence-electron chi connectivity index (χ3n) is 4.10. The van der Waals surface area contributed by atoms with Gasteiger partial charge in [-0.1, -0.05) is 12.1 Å². The highest BCUT2D eigenvalue weighted by Gasteiger charge is 2.35. The van der Waals surface area contributed by atoms with Gasteiger partial charge in [-0.15, -0.1) is 0 Å². The van der Waals surface area contributed by atoms with Crippen LogP contribution < -0.4 is 5.32 Å². The molecule has 0 radical (unpaired) electrons. The predicted octanol–water partition coefficient (Wildman–Crippen LogP) is 4.49. The topological polar surface area (TPSA) is 70.9 Å². The number of aryl methyl sites for hydroxylation is 1. The van der Waals surface area contributed by atoms with Crippen molar-refractivity contribution in [3.8, 4) is 0 Å². The fourth-order valence-electron chi connectivity index (χ4n) is 2.77. The van der Waals surface area contributed by atoms with Gasteiger partial charge >= 0.3 is 0 Å². The highest BCUT2D eigenvalue weighted by molar-refractivity contribution is 9.10. The quantitative estimate of drug-likeness (QED) is 0.571. The van der Waals surface area contributed by atoms with Crippen molar-refractivity contribution in [1.82, 2.24) is 15.0 Å². The molecule has 0 aliphatic rings. The van der Waals surface area contributed by atoms with Crippen molar-refractivity contribution in [2.45, 2.75) is 25.8 Å². The van der Waals surface area contributed by atoms with E-state index in [9.17, 15) is 13.2 Å². The fraction of sp³-hybridized carbons (Fsp3) is 0.278. The number of rotatable bonds is 5. The molecular formula is C18H16BrF3N4O. The second kappa shape index (κ2) is 7.40. The number of benzene rings is 1. The lowest BCUT2D eigenvalue weighted by Gasteiger charge is -2.21. The van der Waals surface area contributed by atoms with E-state index in [1.165, 1.54) is 12.1 Å². The molecule has 3 aromatic rings. The standard InChI is InChI=1S/C18H16BrF3N4O/c1-9(11-4-3-5-13(16(11)20)18(21,22)8-27)24-17-12-6-15(19)23-7-14(12)25-10(2)26-17/h3-7,9,27H,8H2,1-2H3,(H,24,25,26)/t9-/m1/s1. The SMILES string of the molecule is Cc1nc(N[C@H](C)c2cccc(C(F)(F)CO)c2F)c2cc(Br)ncc2n1. The largest absolute Gasteiger partial charge is 0.390 e. The van der Waals surface area contributed by atoms with Gasteiger partial charge in [0, 0.05) is 10.9 Å². The summed E-state index contributed by atoms with van der Waals surface area (Å²) in [5.74, 6) is -3.79. The molecule has 3 rings (SSSR count). The van der Waals surface area contributed by atoms with E-state index < -0.39 is 30.0 Å². The van der Waals surface area contributed by atoms with E-state index in [0.717, 1.165) is 6.07 Å². The van der Waals surface area contributed by atoms with Crippen LogP contribution in [0.5, 0.6) is 0 Å². The van der Waals surface area contributed by atoms with E-state index in [1.54, 1.807) is 26.1 Å². The third kappa shape index (κ3) is 3.89. The lowest BCUT2D eigenvalue weighted by Crippen LogP contribution is -2.22. The molecule has 0 aliphatic carbocycles. The van der Waals surface area contributed by atoms with Crippen molar-refractivity contribution in [3.05, 3.63) is 57.8 Å². The molecule has 0 fully saturated rings. The Bertz CT molecular complexity index is 1000. The van der Waals surface area contributed by atoms with E-state index in [2.05, 4.69) is 36.2 Å². The number of halogens is 4. The van der Waals surface area contributed by atoms with Crippen LogP contribution in [-0.2, 0) is 5.92 Å². The van der Waals surface area contributed by atoms with Gasteiger partial charge in [-0.3, -0.25) is 0 Å². The number of pyridine rings is 1. The summed E-state index contributed by atoms with van der Waals surface area (Å²) in [5, 5.41) is 12.6. The van der Waals surface area contributed by atoms with Gasteiger partial charge in [0.2, 0.25) is 0 Å². The molecule has 0 bridgehead atoms. The van der Waals surface area contributed by atoms with E-state index in [0.29, 0.717) is 27.1 Å². The van der Waals surface area contributed by atoms with Crippen LogP contribution >= 0.6 is 15.9 Å². The van der Waals surface area contributed by atoms with Gasteiger partial charge < -0.3 is 10.4 Å². The monoisotopic (exact) mass is 440 g/mol. The van der Waals surface area contributed by atoms with Gasteiger partial charge in [0.15, 0.2) is 0 Å². The van der Waals surface area contributed by atoms with E-state index in [4.69, 9.17) is 5.11 Å². The summed E-state index contributed by atoms with van der Waals surface area (Å²) in [4.78, 5) is 12.8. The van der Waals surface area contributed by atoms with Gasteiger partial charge in [0.1, 0.15) is 28.7 Å². The number of nitrogens with one attached hydrogen (secondary N) is 1. The molecule has 5 nitrogen and oxygen atoms in total. The minimum absolute atomic E-state index is 0.0400. The first kappa shape index (κ1) is 19.5. The number of hydrogen-bond acceptors (Lipinski definition) is 5. The predicted molar refractivity (Wildman–Crippen MR) is 99.2 cm³/mol. The van der Waals surface area contributed by atoms with Gasteiger partial charge in [0.25, 0.3) is 5.92 Å². The Balaban J connectivity index is 2.02. The van der Waals surface area contributed by atoms with Crippen LogP contribution in [0.4, 0.5) is 19.0 Å². The fourth-order valence-corrected chi connectivity index (χ4v) is 3.10. The van der Waals surface area contributed by atoms with E-state index in [-0.39, 0.29) is 5.56 Å². The summed E-state index contributed by atoms with van der Waals surface area (Å²) in [7, 11) is 0. The summed E-state index contributed by atoms with van der Waals surface area (Å²) in [5.41, 5.74) is -0.202. The maximum atomic E-state index is 14.7. The molecule has 27 heavy (non-hydrogen) atoms. The molecule has 1 atom stereocenters. The van der Waals surface area contributed by atoms with Crippen molar-refractivity contribution < 1.29 is 18.3 Å². The Labute approximate surface area is 161 Å². The summed E-state index contributed by atoms with van der Waals surface area (Å²) in [6.07, 6.45) is 1.58. The van der Waals surface area contributed by atoms with Gasteiger partial charge in [0.05, 0.1) is 23.3 Å². The van der Waals surface area contributed by atoms with Crippen molar-refractivity contribution in [1.29, 1.82) is 0 Å². The van der Waals surface area contributed by atoms with Gasteiger partial charge in [-0.05, 0) is 41.9 Å². The molecule has 0 aliphatic heterocycles. The summed E-state index contributed by atoms with van der Waals surface area (Å²) in [6, 6.07) is 4.77. The maximum Gasteiger partial charge on any atom is 0.298 e. The van der Waals surface area contributed by atoms with E-state index in [1.807, 2.05) is 0 Å². The Hall–Kier alpha value is -2.26. The molecule has 0 spiro atoms. The number of aromatic nitrogens is 3. The number of nitrogens with zero attached hydrogens (tertiary/aromatic N) is 3. The van der Waals surface area contributed by atoms with Gasteiger partial charge in [-0.2, -0.15) is 8.78 Å². The Kier molecular flexibility index (Phi) is 5.34. The smallest absolute Gasteiger partial charge is 0.298 e. The molecule has 0 unspecified atom stereocenters. The zero-order valence-electron chi connectivity index (χ0n) is 14.5. The first-order valence-electron chi connectivity index (χ1n) is 8.07. The zero-order valence-corrected chi connectivity index (χ0v) is 16.1. The Morgan fingerprint density at radius 3 is 2.74 bits per heavy atom. The maximum absolute atomic E-state index is 14.7. The first-order chi connectivity index (χ1) is 12.7. The average Bonchev–Trinajstić information content (AvgIpc) is 2.62. The normalized spacial score (nSPS) is 13.0. The number of hydrogen-bond donors (Lipinski definition) is 2. The molecule has 0 amide bonds. The van der Waals surface area contributed by atoms with Crippen LogP contribution in [0.2, 0.25) is 0 Å².